The Hall–Kier alpha value is -0.930. The van der Waals surface area contributed by atoms with Crippen LogP contribution < -0.4 is 5.73 Å². The van der Waals surface area contributed by atoms with Crippen molar-refractivity contribution in [1.29, 1.82) is 0 Å². The number of rotatable bonds is 5. The van der Waals surface area contributed by atoms with Crippen LogP contribution in [0.15, 0.2) is 24.4 Å². The van der Waals surface area contributed by atoms with Crippen molar-refractivity contribution < 1.29 is 0 Å². The lowest BCUT2D eigenvalue weighted by Crippen LogP contribution is -2.44. The molecule has 3 heteroatoms. The molecule has 2 rings (SSSR count). The Morgan fingerprint density at radius 2 is 1.95 bits per heavy atom. The van der Waals surface area contributed by atoms with Gasteiger partial charge in [-0.15, -0.1) is 0 Å². The number of pyridine rings is 1. The van der Waals surface area contributed by atoms with Gasteiger partial charge in [-0.1, -0.05) is 38.7 Å². The van der Waals surface area contributed by atoms with Crippen LogP contribution in [-0.4, -0.2) is 29.0 Å². The highest BCUT2D eigenvalue weighted by Gasteiger charge is 2.29. The van der Waals surface area contributed by atoms with Gasteiger partial charge in [0.1, 0.15) is 0 Å². The summed E-state index contributed by atoms with van der Waals surface area (Å²) in [7, 11) is 2.24. The molecule has 1 aliphatic rings. The van der Waals surface area contributed by atoms with Crippen LogP contribution in [0.3, 0.4) is 0 Å². The van der Waals surface area contributed by atoms with Crippen LogP contribution in [0.2, 0.25) is 0 Å². The number of aromatic nitrogens is 1. The molecular formula is C17H29N3. The van der Waals surface area contributed by atoms with Crippen molar-refractivity contribution in [2.45, 2.75) is 70.0 Å². The topological polar surface area (TPSA) is 42.1 Å². The molecule has 0 amide bonds. The molecule has 2 atom stereocenters. The predicted molar refractivity (Wildman–Crippen MR) is 84.5 cm³/mol. The monoisotopic (exact) mass is 275 g/mol. The van der Waals surface area contributed by atoms with E-state index < -0.39 is 0 Å². The zero-order valence-electron chi connectivity index (χ0n) is 13.0. The summed E-state index contributed by atoms with van der Waals surface area (Å²) in [5.41, 5.74) is 7.53. The Balaban J connectivity index is 2.17. The van der Waals surface area contributed by atoms with Gasteiger partial charge in [-0.25, -0.2) is 0 Å². The molecule has 1 aliphatic carbocycles. The molecule has 1 aromatic rings. The molecule has 1 aromatic heterocycles. The van der Waals surface area contributed by atoms with Gasteiger partial charge in [-0.3, -0.25) is 9.88 Å². The predicted octanol–water partition coefficient (Wildman–Crippen LogP) is 3.51. The highest BCUT2D eigenvalue weighted by molar-refractivity contribution is 5.11. The highest BCUT2D eigenvalue weighted by atomic mass is 15.2. The van der Waals surface area contributed by atoms with Gasteiger partial charge >= 0.3 is 0 Å². The van der Waals surface area contributed by atoms with Gasteiger partial charge in [0.05, 0.1) is 11.7 Å². The van der Waals surface area contributed by atoms with E-state index in [0.29, 0.717) is 6.04 Å². The van der Waals surface area contributed by atoms with Gasteiger partial charge in [0.15, 0.2) is 0 Å². The Kier molecular flexibility index (Phi) is 5.99. The Morgan fingerprint density at radius 3 is 2.50 bits per heavy atom. The number of hydrogen-bond donors (Lipinski definition) is 1. The lowest BCUT2D eigenvalue weighted by molar-refractivity contribution is 0.132. The van der Waals surface area contributed by atoms with E-state index >= 15 is 0 Å². The summed E-state index contributed by atoms with van der Waals surface area (Å²) in [5.74, 6) is 0. The first-order valence-corrected chi connectivity index (χ1v) is 8.12. The molecule has 0 spiro atoms. The molecule has 1 fully saturated rings. The van der Waals surface area contributed by atoms with Gasteiger partial charge in [-0.05, 0) is 38.4 Å². The molecule has 20 heavy (non-hydrogen) atoms. The first-order chi connectivity index (χ1) is 9.74. The van der Waals surface area contributed by atoms with E-state index in [9.17, 15) is 0 Å². The van der Waals surface area contributed by atoms with Crippen molar-refractivity contribution >= 4 is 0 Å². The van der Waals surface area contributed by atoms with Gasteiger partial charge in [0.2, 0.25) is 0 Å². The SMILES string of the molecule is CCC(N)C(c1ccccn1)N(C)C1CCCCCC1. The molecule has 0 bridgehead atoms. The van der Waals surface area contributed by atoms with Gasteiger partial charge < -0.3 is 5.73 Å². The van der Waals surface area contributed by atoms with Crippen molar-refractivity contribution in [2.24, 2.45) is 5.73 Å². The molecular weight excluding hydrogens is 246 g/mol. The average molecular weight is 275 g/mol. The number of hydrogen-bond acceptors (Lipinski definition) is 3. The number of likely N-dealkylation sites (N-methyl/N-ethyl adjacent to an activating group) is 1. The summed E-state index contributed by atoms with van der Waals surface area (Å²) >= 11 is 0. The van der Waals surface area contributed by atoms with E-state index in [1.807, 2.05) is 12.3 Å². The number of nitrogens with two attached hydrogens (primary N) is 1. The summed E-state index contributed by atoms with van der Waals surface area (Å²) in [6, 6.07) is 7.21. The Morgan fingerprint density at radius 1 is 1.25 bits per heavy atom. The second-order valence-electron chi connectivity index (χ2n) is 6.08. The smallest absolute Gasteiger partial charge is 0.0673 e. The molecule has 1 heterocycles. The molecule has 0 saturated heterocycles. The third-order valence-corrected chi connectivity index (χ3v) is 4.71. The van der Waals surface area contributed by atoms with Crippen LogP contribution >= 0.6 is 0 Å². The van der Waals surface area contributed by atoms with E-state index in [4.69, 9.17) is 5.73 Å². The molecule has 112 valence electrons. The van der Waals surface area contributed by atoms with Crippen molar-refractivity contribution in [2.75, 3.05) is 7.05 Å². The Labute approximate surface area is 123 Å². The third kappa shape index (κ3) is 3.80. The van der Waals surface area contributed by atoms with E-state index in [1.165, 1.54) is 38.5 Å². The normalized spacial score (nSPS) is 20.6. The standard InChI is InChI=1S/C17H29N3/c1-3-15(18)17(16-12-8-9-13-19-16)20(2)14-10-6-4-5-7-11-14/h8-9,12-15,17H,3-7,10-11,18H2,1-2H3. The van der Waals surface area contributed by atoms with E-state index in [0.717, 1.165) is 12.1 Å². The van der Waals surface area contributed by atoms with E-state index in [-0.39, 0.29) is 12.1 Å². The van der Waals surface area contributed by atoms with Crippen LogP contribution in [0, 0.1) is 0 Å². The van der Waals surface area contributed by atoms with Crippen molar-refractivity contribution in [3.05, 3.63) is 30.1 Å². The average Bonchev–Trinajstić information content (AvgIpc) is 2.77. The molecule has 3 nitrogen and oxygen atoms in total. The maximum Gasteiger partial charge on any atom is 0.0673 e. The van der Waals surface area contributed by atoms with Crippen molar-refractivity contribution in [3.63, 3.8) is 0 Å². The lowest BCUT2D eigenvalue weighted by Gasteiger charge is -2.37. The van der Waals surface area contributed by atoms with Crippen LogP contribution in [0.5, 0.6) is 0 Å². The minimum atomic E-state index is 0.151. The van der Waals surface area contributed by atoms with Crippen LogP contribution in [-0.2, 0) is 0 Å². The summed E-state index contributed by atoms with van der Waals surface area (Å²) in [4.78, 5) is 7.07. The van der Waals surface area contributed by atoms with Gasteiger partial charge in [0, 0.05) is 18.3 Å². The summed E-state index contributed by atoms with van der Waals surface area (Å²) in [5, 5.41) is 0. The van der Waals surface area contributed by atoms with Crippen LogP contribution in [0.1, 0.15) is 63.6 Å². The summed E-state index contributed by atoms with van der Waals surface area (Å²) in [6.07, 6.45) is 10.9. The van der Waals surface area contributed by atoms with Crippen molar-refractivity contribution in [3.8, 4) is 0 Å². The second kappa shape index (κ2) is 7.75. The van der Waals surface area contributed by atoms with Crippen LogP contribution in [0.4, 0.5) is 0 Å². The first-order valence-electron chi connectivity index (χ1n) is 8.12. The second-order valence-corrected chi connectivity index (χ2v) is 6.08. The molecule has 2 unspecified atom stereocenters. The summed E-state index contributed by atoms with van der Waals surface area (Å²) in [6.45, 7) is 2.17. The highest BCUT2D eigenvalue weighted by Crippen LogP contribution is 2.29. The van der Waals surface area contributed by atoms with Crippen LogP contribution in [0.25, 0.3) is 0 Å². The van der Waals surface area contributed by atoms with Gasteiger partial charge in [0.25, 0.3) is 0 Å². The maximum atomic E-state index is 6.41. The third-order valence-electron chi connectivity index (χ3n) is 4.71. The lowest BCUT2D eigenvalue weighted by atomic mass is 9.97. The quantitative estimate of drug-likeness (QED) is 0.836. The fourth-order valence-electron chi connectivity index (χ4n) is 3.40. The molecule has 0 aliphatic heterocycles. The molecule has 0 radical (unpaired) electrons. The Bertz CT molecular complexity index is 371. The molecule has 1 saturated carbocycles. The summed E-state index contributed by atoms with van der Waals surface area (Å²) < 4.78 is 0. The maximum absolute atomic E-state index is 6.41. The van der Waals surface area contributed by atoms with E-state index in [1.54, 1.807) is 0 Å². The minimum absolute atomic E-state index is 0.151. The zero-order chi connectivity index (χ0) is 14.4. The molecule has 2 N–H and O–H groups in total. The van der Waals surface area contributed by atoms with E-state index in [2.05, 4.69) is 36.0 Å². The zero-order valence-corrected chi connectivity index (χ0v) is 13.0. The minimum Gasteiger partial charge on any atom is -0.326 e. The fourth-order valence-corrected chi connectivity index (χ4v) is 3.40. The van der Waals surface area contributed by atoms with Crippen molar-refractivity contribution in [1.82, 2.24) is 9.88 Å². The molecule has 0 aromatic carbocycles. The van der Waals surface area contributed by atoms with Gasteiger partial charge in [-0.2, -0.15) is 0 Å². The first kappa shape index (κ1) is 15.5. The number of nitrogens with zero attached hydrogens (tertiary/aromatic N) is 2. The fraction of sp³-hybridized carbons (Fsp3) is 0.706. The largest absolute Gasteiger partial charge is 0.326 e.